The van der Waals surface area contributed by atoms with Gasteiger partial charge in [0, 0.05) is 30.4 Å². The summed E-state index contributed by atoms with van der Waals surface area (Å²) in [6.07, 6.45) is 0. The largest absolute Gasteiger partial charge is 0.496 e. The second-order valence-corrected chi connectivity index (χ2v) is 9.47. The SMILES string of the molecule is COc1ccc(C(=O)Nc2cccc(C)c2)cc1CN(C)S(=O)(=O)c1ccc(C)cc1. The Bertz CT molecular complexity index is 1190. The normalized spacial score (nSPS) is 11.4. The number of hydrogen-bond donors (Lipinski definition) is 1. The molecule has 6 nitrogen and oxygen atoms in total. The molecule has 0 aromatic heterocycles. The summed E-state index contributed by atoms with van der Waals surface area (Å²) in [6.45, 7) is 3.91. The van der Waals surface area contributed by atoms with Crippen LogP contribution < -0.4 is 10.1 Å². The number of rotatable bonds is 7. The highest BCUT2D eigenvalue weighted by molar-refractivity contribution is 7.89. The Hall–Kier alpha value is -3.16. The third-order valence-corrected chi connectivity index (χ3v) is 6.76. The number of hydrogen-bond acceptors (Lipinski definition) is 4. The van der Waals surface area contributed by atoms with Crippen molar-refractivity contribution in [3.63, 3.8) is 0 Å². The van der Waals surface area contributed by atoms with Crippen molar-refractivity contribution in [2.24, 2.45) is 0 Å². The molecule has 31 heavy (non-hydrogen) atoms. The molecule has 3 aromatic rings. The van der Waals surface area contributed by atoms with Gasteiger partial charge in [-0.25, -0.2) is 8.42 Å². The van der Waals surface area contributed by atoms with Crippen LogP contribution in [0.2, 0.25) is 0 Å². The topological polar surface area (TPSA) is 75.7 Å². The molecule has 0 spiro atoms. The van der Waals surface area contributed by atoms with Gasteiger partial charge in [0.2, 0.25) is 10.0 Å². The van der Waals surface area contributed by atoms with Crippen molar-refractivity contribution in [3.8, 4) is 5.75 Å². The number of aryl methyl sites for hydroxylation is 2. The van der Waals surface area contributed by atoms with E-state index in [1.54, 1.807) is 42.5 Å². The number of benzene rings is 3. The molecule has 0 saturated heterocycles. The van der Waals surface area contributed by atoms with Gasteiger partial charge in [0.05, 0.1) is 12.0 Å². The average Bonchev–Trinajstić information content (AvgIpc) is 2.74. The zero-order chi connectivity index (χ0) is 22.6. The smallest absolute Gasteiger partial charge is 0.255 e. The number of nitrogens with zero attached hydrogens (tertiary/aromatic N) is 1. The fraction of sp³-hybridized carbons (Fsp3) is 0.208. The van der Waals surface area contributed by atoms with Gasteiger partial charge in [-0.1, -0.05) is 29.8 Å². The first kappa shape index (κ1) is 22.5. The minimum Gasteiger partial charge on any atom is -0.496 e. The molecule has 1 amide bonds. The van der Waals surface area contributed by atoms with E-state index in [1.165, 1.54) is 18.5 Å². The van der Waals surface area contributed by atoms with E-state index in [4.69, 9.17) is 4.74 Å². The molecule has 7 heteroatoms. The molecular formula is C24H26N2O4S. The maximum atomic E-state index is 12.9. The highest BCUT2D eigenvalue weighted by Crippen LogP contribution is 2.25. The van der Waals surface area contributed by atoms with E-state index in [9.17, 15) is 13.2 Å². The van der Waals surface area contributed by atoms with Gasteiger partial charge >= 0.3 is 0 Å². The second-order valence-electron chi connectivity index (χ2n) is 7.42. The molecule has 0 aliphatic carbocycles. The van der Waals surface area contributed by atoms with Crippen LogP contribution in [0.1, 0.15) is 27.0 Å². The zero-order valence-corrected chi connectivity index (χ0v) is 18.9. The van der Waals surface area contributed by atoms with Crippen molar-refractivity contribution in [3.05, 3.63) is 89.0 Å². The van der Waals surface area contributed by atoms with Crippen molar-refractivity contribution in [1.82, 2.24) is 4.31 Å². The Morgan fingerprint density at radius 3 is 2.32 bits per heavy atom. The molecule has 0 fully saturated rings. The molecule has 1 N–H and O–H groups in total. The highest BCUT2D eigenvalue weighted by atomic mass is 32.2. The molecule has 162 valence electrons. The van der Waals surface area contributed by atoms with E-state index < -0.39 is 10.0 Å². The molecular weight excluding hydrogens is 412 g/mol. The lowest BCUT2D eigenvalue weighted by Gasteiger charge is -2.19. The van der Waals surface area contributed by atoms with Crippen LogP contribution in [0.4, 0.5) is 5.69 Å². The molecule has 0 aliphatic heterocycles. The summed E-state index contributed by atoms with van der Waals surface area (Å²) in [6, 6.07) is 19.2. The average molecular weight is 439 g/mol. The lowest BCUT2D eigenvalue weighted by Crippen LogP contribution is -2.27. The number of sulfonamides is 1. The fourth-order valence-corrected chi connectivity index (χ4v) is 4.33. The molecule has 0 unspecified atom stereocenters. The minimum absolute atomic E-state index is 0.0605. The quantitative estimate of drug-likeness (QED) is 0.594. The molecule has 0 bridgehead atoms. The van der Waals surface area contributed by atoms with Gasteiger partial charge in [0.1, 0.15) is 5.75 Å². The predicted octanol–water partition coefficient (Wildman–Crippen LogP) is 4.39. The molecule has 3 rings (SSSR count). The van der Waals surface area contributed by atoms with Crippen LogP contribution >= 0.6 is 0 Å². The number of carbonyl (C=O) groups excluding carboxylic acids is 1. The molecule has 3 aromatic carbocycles. The number of nitrogens with one attached hydrogen (secondary N) is 1. The van der Waals surface area contributed by atoms with Crippen molar-refractivity contribution in [2.45, 2.75) is 25.3 Å². The zero-order valence-electron chi connectivity index (χ0n) is 18.0. The first-order valence-electron chi connectivity index (χ1n) is 9.78. The van der Waals surface area contributed by atoms with Crippen LogP contribution in [-0.2, 0) is 16.6 Å². The van der Waals surface area contributed by atoms with E-state index in [1.807, 2.05) is 38.1 Å². The van der Waals surface area contributed by atoms with Crippen LogP contribution in [-0.4, -0.2) is 32.8 Å². The Morgan fingerprint density at radius 2 is 1.68 bits per heavy atom. The van der Waals surface area contributed by atoms with Gasteiger partial charge in [0.25, 0.3) is 5.91 Å². The van der Waals surface area contributed by atoms with Gasteiger partial charge in [-0.05, 0) is 61.9 Å². The van der Waals surface area contributed by atoms with Gasteiger partial charge < -0.3 is 10.1 Å². The fourth-order valence-electron chi connectivity index (χ4n) is 3.18. The van der Waals surface area contributed by atoms with E-state index >= 15 is 0 Å². The van der Waals surface area contributed by atoms with Crippen molar-refractivity contribution >= 4 is 21.6 Å². The molecule has 0 atom stereocenters. The van der Waals surface area contributed by atoms with Crippen LogP contribution in [0.25, 0.3) is 0 Å². The molecule has 0 aliphatic rings. The maximum Gasteiger partial charge on any atom is 0.255 e. The molecule has 0 radical (unpaired) electrons. The Balaban J connectivity index is 1.85. The van der Waals surface area contributed by atoms with E-state index in [0.29, 0.717) is 22.6 Å². The van der Waals surface area contributed by atoms with Gasteiger partial charge in [-0.15, -0.1) is 0 Å². The number of carbonyl (C=O) groups is 1. The van der Waals surface area contributed by atoms with Crippen LogP contribution in [0, 0.1) is 13.8 Å². The van der Waals surface area contributed by atoms with Gasteiger partial charge in [-0.2, -0.15) is 4.31 Å². The number of anilines is 1. The van der Waals surface area contributed by atoms with Crippen LogP contribution in [0.5, 0.6) is 5.75 Å². The Kier molecular flexibility index (Phi) is 6.77. The van der Waals surface area contributed by atoms with E-state index in [0.717, 1.165) is 11.1 Å². The first-order valence-corrected chi connectivity index (χ1v) is 11.2. The number of ether oxygens (including phenoxy) is 1. The lowest BCUT2D eigenvalue weighted by atomic mass is 10.1. The van der Waals surface area contributed by atoms with Crippen molar-refractivity contribution < 1.29 is 17.9 Å². The molecule has 0 saturated carbocycles. The summed E-state index contributed by atoms with van der Waals surface area (Å²) in [5.74, 6) is 0.233. The number of methoxy groups -OCH3 is 1. The summed E-state index contributed by atoms with van der Waals surface area (Å²) < 4.78 is 32.5. The summed E-state index contributed by atoms with van der Waals surface area (Å²) in [5.41, 5.74) is 3.73. The second kappa shape index (κ2) is 9.32. The van der Waals surface area contributed by atoms with E-state index in [-0.39, 0.29) is 17.3 Å². The third-order valence-electron chi connectivity index (χ3n) is 4.94. The van der Waals surface area contributed by atoms with Crippen molar-refractivity contribution in [1.29, 1.82) is 0 Å². The maximum absolute atomic E-state index is 12.9. The standard InChI is InChI=1S/C24H26N2O4S/c1-17-8-11-22(12-9-17)31(28,29)26(3)16-20-15-19(10-13-23(20)30-4)24(27)25-21-7-5-6-18(2)14-21/h5-15H,16H2,1-4H3,(H,25,27). The van der Waals surface area contributed by atoms with Gasteiger partial charge in [-0.3, -0.25) is 4.79 Å². The minimum atomic E-state index is -3.69. The molecule has 0 heterocycles. The van der Waals surface area contributed by atoms with E-state index in [2.05, 4.69) is 5.32 Å². The van der Waals surface area contributed by atoms with Gasteiger partial charge in [0.15, 0.2) is 0 Å². The summed E-state index contributed by atoms with van der Waals surface area (Å²) >= 11 is 0. The highest BCUT2D eigenvalue weighted by Gasteiger charge is 2.22. The number of amides is 1. The van der Waals surface area contributed by atoms with Crippen molar-refractivity contribution in [2.75, 3.05) is 19.5 Å². The van der Waals surface area contributed by atoms with Crippen LogP contribution in [0.3, 0.4) is 0 Å². The Morgan fingerprint density at radius 1 is 0.968 bits per heavy atom. The van der Waals surface area contributed by atoms with Crippen LogP contribution in [0.15, 0.2) is 71.6 Å². The third kappa shape index (κ3) is 5.31. The lowest BCUT2D eigenvalue weighted by molar-refractivity contribution is 0.102. The summed E-state index contributed by atoms with van der Waals surface area (Å²) in [7, 11) is -0.666. The monoisotopic (exact) mass is 438 g/mol. The predicted molar refractivity (Wildman–Crippen MR) is 122 cm³/mol. The Labute approximate surface area is 183 Å². The summed E-state index contributed by atoms with van der Waals surface area (Å²) in [4.78, 5) is 12.9. The summed E-state index contributed by atoms with van der Waals surface area (Å²) in [5, 5.41) is 2.87. The first-order chi connectivity index (χ1) is 14.7.